The average molecular weight is 272 g/mol. The van der Waals surface area contributed by atoms with Crippen LogP contribution < -0.4 is 5.73 Å². The van der Waals surface area contributed by atoms with Crippen molar-refractivity contribution in [3.63, 3.8) is 0 Å². The maximum atomic E-state index is 6.08. The molecule has 1 fully saturated rings. The minimum Gasteiger partial charge on any atom is -0.326 e. The number of benzene rings is 1. The molecule has 0 radical (unpaired) electrons. The minimum absolute atomic E-state index is 0.341. The topological polar surface area (TPSA) is 29.3 Å². The van der Waals surface area contributed by atoms with Gasteiger partial charge in [0, 0.05) is 35.4 Å². The fourth-order valence-corrected chi connectivity index (χ4v) is 3.72. The monoisotopic (exact) mass is 272 g/mol. The fraction of sp³-hybridized carbons (Fsp3) is 0.375. The van der Waals surface area contributed by atoms with Gasteiger partial charge in [0.15, 0.2) is 0 Å². The summed E-state index contributed by atoms with van der Waals surface area (Å²) < 4.78 is 0. The number of nitrogens with two attached hydrogens (primary N) is 1. The first-order valence-corrected chi connectivity index (χ1v) is 7.66. The highest BCUT2D eigenvalue weighted by Crippen LogP contribution is 2.29. The van der Waals surface area contributed by atoms with Gasteiger partial charge in [0.1, 0.15) is 0 Å². The lowest BCUT2D eigenvalue weighted by Crippen LogP contribution is -2.28. The Labute approximate surface area is 118 Å². The Bertz CT molecular complexity index is 525. The van der Waals surface area contributed by atoms with E-state index in [0.29, 0.717) is 12.0 Å². The van der Waals surface area contributed by atoms with Crippen molar-refractivity contribution in [2.45, 2.75) is 19.5 Å². The van der Waals surface area contributed by atoms with Gasteiger partial charge in [-0.1, -0.05) is 37.3 Å². The third-order valence-electron chi connectivity index (χ3n) is 3.85. The molecule has 0 aliphatic carbocycles. The van der Waals surface area contributed by atoms with Crippen molar-refractivity contribution in [3.8, 4) is 10.4 Å². The zero-order chi connectivity index (χ0) is 13.2. The highest BCUT2D eigenvalue weighted by Gasteiger charge is 2.26. The lowest BCUT2D eigenvalue weighted by atomic mass is 10.1. The molecule has 0 amide bonds. The van der Waals surface area contributed by atoms with Gasteiger partial charge in [-0.25, -0.2) is 0 Å². The summed E-state index contributed by atoms with van der Waals surface area (Å²) in [4.78, 5) is 5.25. The smallest absolute Gasteiger partial charge is 0.0346 e. The normalized spacial score (nSPS) is 23.9. The van der Waals surface area contributed by atoms with Crippen molar-refractivity contribution in [2.75, 3.05) is 13.1 Å². The van der Waals surface area contributed by atoms with E-state index in [0.717, 1.165) is 19.6 Å². The van der Waals surface area contributed by atoms with Crippen LogP contribution in [0.4, 0.5) is 0 Å². The molecule has 0 bridgehead atoms. The van der Waals surface area contributed by atoms with E-state index in [-0.39, 0.29) is 0 Å². The molecule has 2 N–H and O–H groups in total. The second-order valence-electron chi connectivity index (χ2n) is 5.47. The van der Waals surface area contributed by atoms with Crippen molar-refractivity contribution < 1.29 is 0 Å². The van der Waals surface area contributed by atoms with Crippen LogP contribution in [0.5, 0.6) is 0 Å². The van der Waals surface area contributed by atoms with E-state index < -0.39 is 0 Å². The molecule has 0 spiro atoms. The predicted octanol–water partition coefficient (Wildman–Crippen LogP) is 3.19. The molecule has 2 atom stereocenters. The number of thiophene rings is 1. The Morgan fingerprint density at radius 3 is 2.63 bits per heavy atom. The summed E-state index contributed by atoms with van der Waals surface area (Å²) >= 11 is 1.89. The summed E-state index contributed by atoms with van der Waals surface area (Å²) in [5.41, 5.74) is 7.39. The number of likely N-dealkylation sites (tertiary alicyclic amines) is 1. The number of rotatable bonds is 3. The molecule has 1 aromatic carbocycles. The molecular formula is C16H20N2S. The standard InChI is InChI=1S/C16H20N2S/c1-12-9-18(11-15(12)17)10-14-7-8-16(19-14)13-5-3-2-4-6-13/h2-8,12,15H,9-11,17H2,1H3. The van der Waals surface area contributed by atoms with Gasteiger partial charge < -0.3 is 5.73 Å². The summed E-state index contributed by atoms with van der Waals surface area (Å²) in [6.07, 6.45) is 0. The van der Waals surface area contributed by atoms with Crippen LogP contribution in [0.1, 0.15) is 11.8 Å². The van der Waals surface area contributed by atoms with Crippen LogP contribution in [0, 0.1) is 5.92 Å². The zero-order valence-corrected chi connectivity index (χ0v) is 12.1. The molecule has 1 aliphatic heterocycles. The van der Waals surface area contributed by atoms with Crippen molar-refractivity contribution in [1.29, 1.82) is 0 Å². The first-order chi connectivity index (χ1) is 9.22. The molecule has 19 heavy (non-hydrogen) atoms. The van der Waals surface area contributed by atoms with Crippen molar-refractivity contribution >= 4 is 11.3 Å². The van der Waals surface area contributed by atoms with Crippen LogP contribution in [0.2, 0.25) is 0 Å². The Kier molecular flexibility index (Phi) is 3.69. The van der Waals surface area contributed by atoms with Gasteiger partial charge >= 0.3 is 0 Å². The summed E-state index contributed by atoms with van der Waals surface area (Å²) in [5, 5.41) is 0. The molecule has 100 valence electrons. The molecule has 1 aromatic heterocycles. The van der Waals surface area contributed by atoms with E-state index in [1.54, 1.807) is 0 Å². The summed E-state index contributed by atoms with van der Waals surface area (Å²) in [5.74, 6) is 0.619. The molecule has 3 heteroatoms. The molecule has 2 nitrogen and oxygen atoms in total. The van der Waals surface area contributed by atoms with Gasteiger partial charge in [0.2, 0.25) is 0 Å². The van der Waals surface area contributed by atoms with Crippen LogP contribution in [-0.4, -0.2) is 24.0 Å². The third kappa shape index (κ3) is 2.89. The number of hydrogen-bond donors (Lipinski definition) is 1. The Morgan fingerprint density at radius 2 is 1.95 bits per heavy atom. The Morgan fingerprint density at radius 1 is 1.16 bits per heavy atom. The third-order valence-corrected chi connectivity index (χ3v) is 4.96. The second-order valence-corrected chi connectivity index (χ2v) is 6.64. The molecule has 0 saturated carbocycles. The van der Waals surface area contributed by atoms with Gasteiger partial charge in [0.05, 0.1) is 0 Å². The van der Waals surface area contributed by atoms with Gasteiger partial charge in [-0.3, -0.25) is 4.90 Å². The van der Waals surface area contributed by atoms with E-state index >= 15 is 0 Å². The molecule has 3 rings (SSSR count). The summed E-state index contributed by atoms with van der Waals surface area (Å²) in [6, 6.07) is 15.4. The summed E-state index contributed by atoms with van der Waals surface area (Å²) in [7, 11) is 0. The van der Waals surface area contributed by atoms with Crippen LogP contribution >= 0.6 is 11.3 Å². The van der Waals surface area contributed by atoms with Gasteiger partial charge in [-0.05, 0) is 23.6 Å². The Balaban J connectivity index is 1.69. The van der Waals surface area contributed by atoms with Gasteiger partial charge in [-0.2, -0.15) is 0 Å². The van der Waals surface area contributed by atoms with Crippen LogP contribution in [0.3, 0.4) is 0 Å². The molecule has 2 heterocycles. The predicted molar refractivity (Wildman–Crippen MR) is 82.2 cm³/mol. The highest BCUT2D eigenvalue weighted by molar-refractivity contribution is 7.15. The Hall–Kier alpha value is -1.16. The maximum Gasteiger partial charge on any atom is 0.0346 e. The molecule has 1 saturated heterocycles. The highest BCUT2D eigenvalue weighted by atomic mass is 32.1. The quantitative estimate of drug-likeness (QED) is 0.929. The average Bonchev–Trinajstić information content (AvgIpc) is 2.99. The van der Waals surface area contributed by atoms with E-state index in [1.807, 2.05) is 11.3 Å². The SMILES string of the molecule is CC1CN(Cc2ccc(-c3ccccc3)s2)CC1N. The molecule has 2 aromatic rings. The van der Waals surface area contributed by atoms with E-state index in [1.165, 1.54) is 15.3 Å². The van der Waals surface area contributed by atoms with E-state index in [2.05, 4.69) is 54.3 Å². The van der Waals surface area contributed by atoms with Crippen molar-refractivity contribution in [2.24, 2.45) is 11.7 Å². The molecule has 2 unspecified atom stereocenters. The van der Waals surface area contributed by atoms with Gasteiger partial charge in [-0.15, -0.1) is 11.3 Å². The largest absolute Gasteiger partial charge is 0.326 e. The first kappa shape index (κ1) is 12.9. The first-order valence-electron chi connectivity index (χ1n) is 6.84. The lowest BCUT2D eigenvalue weighted by molar-refractivity contribution is 0.322. The summed E-state index contributed by atoms with van der Waals surface area (Å²) in [6.45, 7) is 5.43. The number of hydrogen-bond acceptors (Lipinski definition) is 3. The fourth-order valence-electron chi connectivity index (χ4n) is 2.67. The minimum atomic E-state index is 0.341. The van der Waals surface area contributed by atoms with Crippen molar-refractivity contribution in [3.05, 3.63) is 47.3 Å². The van der Waals surface area contributed by atoms with Crippen LogP contribution in [0.25, 0.3) is 10.4 Å². The second kappa shape index (κ2) is 5.45. The molecular weight excluding hydrogens is 252 g/mol. The maximum absolute atomic E-state index is 6.08. The van der Waals surface area contributed by atoms with Crippen LogP contribution in [-0.2, 0) is 6.54 Å². The van der Waals surface area contributed by atoms with E-state index in [4.69, 9.17) is 5.73 Å². The lowest BCUT2D eigenvalue weighted by Gasteiger charge is -2.13. The number of nitrogens with zero attached hydrogens (tertiary/aromatic N) is 1. The zero-order valence-electron chi connectivity index (χ0n) is 11.3. The molecule has 1 aliphatic rings. The van der Waals surface area contributed by atoms with Crippen molar-refractivity contribution in [1.82, 2.24) is 4.90 Å². The van der Waals surface area contributed by atoms with Gasteiger partial charge in [0.25, 0.3) is 0 Å². The van der Waals surface area contributed by atoms with Crippen LogP contribution in [0.15, 0.2) is 42.5 Å². The van der Waals surface area contributed by atoms with E-state index in [9.17, 15) is 0 Å².